The summed E-state index contributed by atoms with van der Waals surface area (Å²) in [6.07, 6.45) is -0.844. The molecule has 0 aliphatic carbocycles. The summed E-state index contributed by atoms with van der Waals surface area (Å²) in [5, 5.41) is 21.6. The summed E-state index contributed by atoms with van der Waals surface area (Å²) >= 11 is 0. The van der Waals surface area contributed by atoms with Crippen molar-refractivity contribution in [1.29, 1.82) is 0 Å². The molecule has 0 aromatic heterocycles. The van der Waals surface area contributed by atoms with Gasteiger partial charge in [0.1, 0.15) is 30.3 Å². The van der Waals surface area contributed by atoms with E-state index in [1.165, 1.54) is 0 Å². The average Bonchev–Trinajstić information content (AvgIpc) is 3.07. The van der Waals surface area contributed by atoms with Crippen LogP contribution in [0.3, 0.4) is 0 Å². The molecule has 0 heterocycles. The largest absolute Gasteiger partial charge is 0.383 e. The third kappa shape index (κ3) is 12.8. The fourth-order valence-electron chi connectivity index (χ4n) is 5.36. The van der Waals surface area contributed by atoms with E-state index in [-0.39, 0.29) is 31.1 Å². The number of primary amides is 1. The molecule has 0 aliphatic heterocycles. The number of benzene rings is 3. The van der Waals surface area contributed by atoms with Gasteiger partial charge in [0.2, 0.25) is 29.5 Å². The lowest BCUT2D eigenvalue weighted by Gasteiger charge is -2.28. The quantitative estimate of drug-likeness (QED) is 0.121. The third-order valence-corrected chi connectivity index (χ3v) is 8.02. The maximum Gasteiger partial charge on any atom is 0.249 e. The van der Waals surface area contributed by atoms with Crippen LogP contribution in [0.15, 0.2) is 91.0 Å². The van der Waals surface area contributed by atoms with E-state index in [1.807, 2.05) is 80.6 Å². The predicted molar refractivity (Wildman–Crippen MR) is 188 cm³/mol. The highest BCUT2D eigenvalue weighted by Gasteiger charge is 2.33. The Morgan fingerprint density at radius 3 is 1.35 bits per heavy atom. The van der Waals surface area contributed by atoms with Gasteiger partial charge in [0.15, 0.2) is 0 Å². The maximum absolute atomic E-state index is 13.9. The number of nitrogens with two attached hydrogens (primary N) is 1. The van der Waals surface area contributed by atoms with Crippen molar-refractivity contribution in [3.8, 4) is 0 Å². The van der Waals surface area contributed by atoms with Crippen molar-refractivity contribution in [1.82, 2.24) is 21.3 Å². The molecule has 3 aromatic carbocycles. The second kappa shape index (κ2) is 19.1. The highest BCUT2D eigenvalue weighted by atomic mass is 16.3. The van der Waals surface area contributed by atoms with Crippen LogP contribution >= 0.6 is 0 Å². The minimum atomic E-state index is -1.41. The molecule has 0 unspecified atom stereocenters. The number of aliphatic hydroxyl groups is 1. The summed E-state index contributed by atoms with van der Waals surface area (Å²) in [6.45, 7) is 7.31. The minimum Gasteiger partial charge on any atom is -0.383 e. The molecule has 7 N–H and O–H groups in total. The van der Waals surface area contributed by atoms with Crippen LogP contribution in [0.25, 0.3) is 0 Å². The van der Waals surface area contributed by atoms with E-state index in [9.17, 15) is 29.1 Å². The minimum absolute atomic E-state index is 0.0534. The van der Waals surface area contributed by atoms with E-state index in [0.29, 0.717) is 6.42 Å². The van der Waals surface area contributed by atoms with E-state index >= 15 is 0 Å². The van der Waals surface area contributed by atoms with Crippen LogP contribution in [0.2, 0.25) is 0 Å². The van der Waals surface area contributed by atoms with Crippen LogP contribution in [0, 0.1) is 11.8 Å². The normalized spacial score (nSPS) is 14.2. The summed E-state index contributed by atoms with van der Waals surface area (Å²) in [4.78, 5) is 66.4. The topological polar surface area (TPSA) is 180 Å². The number of amides is 5. The molecule has 49 heavy (non-hydrogen) atoms. The Bertz CT molecular complexity index is 1520. The first-order valence-corrected chi connectivity index (χ1v) is 16.6. The fourth-order valence-corrected chi connectivity index (χ4v) is 5.36. The Hall–Kier alpha value is -5.03. The molecule has 5 atom stereocenters. The van der Waals surface area contributed by atoms with Crippen molar-refractivity contribution in [2.45, 2.75) is 83.6 Å². The Labute approximate surface area is 288 Å². The zero-order chi connectivity index (χ0) is 35.9. The van der Waals surface area contributed by atoms with E-state index in [1.54, 1.807) is 38.1 Å². The van der Waals surface area contributed by atoms with Gasteiger partial charge in [0, 0.05) is 19.3 Å². The number of carbonyl (C=O) groups excluding carboxylic acids is 5. The Morgan fingerprint density at radius 1 is 0.551 bits per heavy atom. The van der Waals surface area contributed by atoms with Gasteiger partial charge in [-0.1, -0.05) is 119 Å². The molecule has 0 saturated carbocycles. The number of rotatable bonds is 18. The van der Waals surface area contributed by atoms with Crippen molar-refractivity contribution < 1.29 is 29.1 Å². The number of aliphatic hydroxyl groups excluding tert-OH is 1. The number of nitrogens with one attached hydrogen (secondary N) is 4. The van der Waals surface area contributed by atoms with Gasteiger partial charge in [-0.05, 0) is 34.9 Å². The van der Waals surface area contributed by atoms with Crippen molar-refractivity contribution in [3.05, 3.63) is 108 Å². The van der Waals surface area contributed by atoms with Gasteiger partial charge in [-0.2, -0.15) is 0 Å². The van der Waals surface area contributed by atoms with Gasteiger partial charge in [-0.15, -0.1) is 0 Å². The second-order valence-corrected chi connectivity index (χ2v) is 13.0. The van der Waals surface area contributed by atoms with Crippen molar-refractivity contribution in [3.63, 3.8) is 0 Å². The van der Waals surface area contributed by atoms with Crippen molar-refractivity contribution in [2.24, 2.45) is 17.6 Å². The lowest BCUT2D eigenvalue weighted by atomic mass is 9.98. The average molecular weight is 672 g/mol. The van der Waals surface area contributed by atoms with Crippen LogP contribution < -0.4 is 27.0 Å². The standard InChI is InChI=1S/C38H49N5O6/c1-24(2)20-29(34(39)45)40-38(49)33(25(3)4)43-36(47)31(22-27-16-10-6-11-17-27)41-35(46)30(21-26-14-8-5-9-15-26)42-37(48)32(44)23-28-18-12-7-13-19-28/h5-19,24-25,29-33,44H,20-23H2,1-4H3,(H2,39,45)(H,40,49)(H,41,46)(H,42,48)(H,43,47)/t29-,30-,31-,32-,33-/m1/s1. The van der Waals surface area contributed by atoms with E-state index in [0.717, 1.165) is 16.7 Å². The smallest absolute Gasteiger partial charge is 0.249 e. The highest BCUT2D eigenvalue weighted by molar-refractivity contribution is 5.96. The van der Waals surface area contributed by atoms with Gasteiger partial charge >= 0.3 is 0 Å². The molecule has 262 valence electrons. The summed E-state index contributed by atoms with van der Waals surface area (Å²) < 4.78 is 0. The fraction of sp³-hybridized carbons (Fsp3) is 0.395. The molecule has 5 amide bonds. The lowest BCUT2D eigenvalue weighted by Crippen LogP contribution is -2.60. The van der Waals surface area contributed by atoms with Crippen molar-refractivity contribution in [2.75, 3.05) is 0 Å². The highest BCUT2D eigenvalue weighted by Crippen LogP contribution is 2.11. The molecule has 0 spiro atoms. The third-order valence-electron chi connectivity index (χ3n) is 8.02. The van der Waals surface area contributed by atoms with Gasteiger partial charge in [-0.25, -0.2) is 0 Å². The molecule has 11 nitrogen and oxygen atoms in total. The number of hydrogen-bond donors (Lipinski definition) is 6. The SMILES string of the molecule is CC(C)C[C@@H](NC(=O)[C@H](NC(=O)[C@@H](Cc1ccccc1)NC(=O)[C@@H](Cc1ccccc1)NC(=O)[C@H](O)Cc1ccccc1)C(C)C)C(N)=O. The second-order valence-electron chi connectivity index (χ2n) is 13.0. The maximum atomic E-state index is 13.9. The van der Waals surface area contributed by atoms with Crippen LogP contribution in [0.1, 0.15) is 50.8 Å². The molecule has 0 fully saturated rings. The van der Waals surface area contributed by atoms with E-state index in [2.05, 4.69) is 21.3 Å². The monoisotopic (exact) mass is 671 g/mol. The molecule has 3 aromatic rings. The Kier molecular flexibility index (Phi) is 15.0. The first kappa shape index (κ1) is 38.4. The van der Waals surface area contributed by atoms with Gasteiger partial charge in [0.05, 0.1) is 0 Å². The zero-order valence-electron chi connectivity index (χ0n) is 28.6. The number of hydrogen-bond acceptors (Lipinski definition) is 6. The molecular weight excluding hydrogens is 622 g/mol. The first-order valence-electron chi connectivity index (χ1n) is 16.6. The molecule has 3 rings (SSSR count). The Balaban J connectivity index is 1.84. The Morgan fingerprint density at radius 2 is 0.939 bits per heavy atom. The van der Waals surface area contributed by atoms with Gasteiger partial charge in [0.25, 0.3) is 0 Å². The number of carbonyl (C=O) groups is 5. The van der Waals surface area contributed by atoms with E-state index in [4.69, 9.17) is 5.73 Å². The van der Waals surface area contributed by atoms with Crippen LogP contribution in [0.5, 0.6) is 0 Å². The molecule has 0 saturated heterocycles. The molecule has 0 bridgehead atoms. The molecule has 0 radical (unpaired) electrons. The summed E-state index contributed by atoms with van der Waals surface area (Å²) in [6, 6.07) is 22.9. The predicted octanol–water partition coefficient (Wildman–Crippen LogP) is 2.20. The summed E-state index contributed by atoms with van der Waals surface area (Å²) in [5.41, 5.74) is 7.80. The van der Waals surface area contributed by atoms with Crippen molar-refractivity contribution >= 4 is 29.5 Å². The molecule has 0 aliphatic rings. The first-order chi connectivity index (χ1) is 23.3. The zero-order valence-corrected chi connectivity index (χ0v) is 28.6. The van der Waals surface area contributed by atoms with Gasteiger partial charge in [-0.3, -0.25) is 24.0 Å². The van der Waals surface area contributed by atoms with Crippen LogP contribution in [-0.4, -0.2) is 64.9 Å². The van der Waals surface area contributed by atoms with Crippen LogP contribution in [0.4, 0.5) is 0 Å². The summed E-state index contributed by atoms with van der Waals surface area (Å²) in [5.74, 6) is -3.54. The summed E-state index contributed by atoms with van der Waals surface area (Å²) in [7, 11) is 0. The van der Waals surface area contributed by atoms with Crippen LogP contribution in [-0.2, 0) is 43.2 Å². The molecular formula is C38H49N5O6. The lowest BCUT2D eigenvalue weighted by molar-refractivity contribution is -0.136. The molecule has 11 heteroatoms. The van der Waals surface area contributed by atoms with Gasteiger partial charge < -0.3 is 32.1 Å². The van der Waals surface area contributed by atoms with E-state index < -0.39 is 59.8 Å².